The quantitative estimate of drug-likeness (QED) is 0.827. The molecule has 1 fully saturated rings. The van der Waals surface area contributed by atoms with Gasteiger partial charge in [0.05, 0.1) is 5.75 Å². The third kappa shape index (κ3) is 3.94. The van der Waals surface area contributed by atoms with E-state index in [1.54, 1.807) is 28.6 Å². The summed E-state index contributed by atoms with van der Waals surface area (Å²) in [6, 6.07) is 7.09. The molecule has 0 unspecified atom stereocenters. The lowest BCUT2D eigenvalue weighted by molar-refractivity contribution is 0.188. The zero-order valence-corrected chi connectivity index (χ0v) is 12.8. The van der Waals surface area contributed by atoms with Crippen molar-refractivity contribution in [2.45, 2.75) is 19.1 Å². The second-order valence-corrected chi connectivity index (χ2v) is 7.21. The molecule has 0 spiro atoms. The van der Waals surface area contributed by atoms with Crippen LogP contribution in [-0.2, 0) is 15.8 Å². The first kappa shape index (κ1) is 15.3. The molecule has 1 aliphatic rings. The monoisotopic (exact) mass is 297 g/mol. The van der Waals surface area contributed by atoms with Gasteiger partial charge in [-0.3, -0.25) is 0 Å². The van der Waals surface area contributed by atoms with E-state index < -0.39 is 10.0 Å². The highest BCUT2D eigenvalue weighted by molar-refractivity contribution is 7.88. The highest BCUT2D eigenvalue weighted by atomic mass is 32.2. The van der Waals surface area contributed by atoms with Crippen LogP contribution in [0.3, 0.4) is 0 Å². The number of nitrogen functional groups attached to an aromatic ring is 1. The third-order valence-electron chi connectivity index (χ3n) is 3.56. The fraction of sp³-hybridized carbons (Fsp3) is 0.571. The third-order valence-corrected chi connectivity index (χ3v) is 5.41. The van der Waals surface area contributed by atoms with Crippen molar-refractivity contribution in [3.63, 3.8) is 0 Å². The van der Waals surface area contributed by atoms with E-state index >= 15 is 0 Å². The Kier molecular flexibility index (Phi) is 5.01. The van der Waals surface area contributed by atoms with Gasteiger partial charge in [-0.05, 0) is 30.7 Å². The molecular formula is C14H23N3O2S. The summed E-state index contributed by atoms with van der Waals surface area (Å²) in [5.74, 6) is 0.0335. The Hall–Kier alpha value is -1.11. The van der Waals surface area contributed by atoms with Crippen LogP contribution >= 0.6 is 0 Å². The second-order valence-electron chi connectivity index (χ2n) is 5.24. The van der Waals surface area contributed by atoms with E-state index in [1.807, 2.05) is 0 Å². The second kappa shape index (κ2) is 6.56. The van der Waals surface area contributed by atoms with Gasteiger partial charge in [0, 0.05) is 31.9 Å². The molecule has 0 aliphatic carbocycles. The molecule has 112 valence electrons. The summed E-state index contributed by atoms with van der Waals surface area (Å²) >= 11 is 0. The van der Waals surface area contributed by atoms with Crippen molar-refractivity contribution < 1.29 is 8.42 Å². The Bertz CT molecular complexity index is 537. The average Bonchev–Trinajstić information content (AvgIpc) is 2.39. The molecule has 1 aliphatic heterocycles. The number of benzene rings is 1. The lowest BCUT2D eigenvalue weighted by atomic mass is 10.2. The summed E-state index contributed by atoms with van der Waals surface area (Å²) in [4.78, 5) is 2.31. The largest absolute Gasteiger partial charge is 0.399 e. The molecule has 2 rings (SSSR count). The molecule has 0 bridgehead atoms. The molecule has 20 heavy (non-hydrogen) atoms. The first-order valence-corrected chi connectivity index (χ1v) is 8.67. The van der Waals surface area contributed by atoms with Gasteiger partial charge in [-0.2, -0.15) is 4.31 Å². The molecule has 5 nitrogen and oxygen atoms in total. The van der Waals surface area contributed by atoms with E-state index in [4.69, 9.17) is 5.73 Å². The number of nitrogens with zero attached hydrogens (tertiary/aromatic N) is 2. The zero-order valence-electron chi connectivity index (χ0n) is 12.0. The molecule has 0 radical (unpaired) electrons. The fourth-order valence-electron chi connectivity index (χ4n) is 2.53. The number of sulfonamides is 1. The van der Waals surface area contributed by atoms with Crippen LogP contribution in [0.5, 0.6) is 0 Å². The number of hydrogen-bond acceptors (Lipinski definition) is 4. The Morgan fingerprint density at radius 3 is 2.50 bits per heavy atom. The first-order chi connectivity index (χ1) is 9.51. The van der Waals surface area contributed by atoms with Crippen molar-refractivity contribution in [1.29, 1.82) is 0 Å². The minimum Gasteiger partial charge on any atom is -0.399 e. The van der Waals surface area contributed by atoms with Crippen molar-refractivity contribution in [3.8, 4) is 0 Å². The molecule has 1 aromatic carbocycles. The maximum atomic E-state index is 12.4. The molecule has 0 aromatic heterocycles. The predicted molar refractivity (Wildman–Crippen MR) is 81.8 cm³/mol. The number of anilines is 1. The van der Waals surface area contributed by atoms with Crippen molar-refractivity contribution >= 4 is 15.7 Å². The van der Waals surface area contributed by atoms with Crippen LogP contribution in [-0.4, -0.2) is 50.3 Å². The summed E-state index contributed by atoms with van der Waals surface area (Å²) < 4.78 is 26.4. The molecule has 1 saturated heterocycles. The molecule has 2 N–H and O–H groups in total. The molecule has 0 saturated carbocycles. The topological polar surface area (TPSA) is 66.6 Å². The van der Waals surface area contributed by atoms with Gasteiger partial charge >= 0.3 is 0 Å². The van der Waals surface area contributed by atoms with E-state index in [1.165, 1.54) is 0 Å². The zero-order chi connectivity index (χ0) is 14.6. The molecule has 0 amide bonds. The smallest absolute Gasteiger partial charge is 0.218 e. The van der Waals surface area contributed by atoms with Gasteiger partial charge in [0.15, 0.2) is 0 Å². The lowest BCUT2D eigenvalue weighted by Gasteiger charge is -2.33. The Morgan fingerprint density at radius 1 is 1.20 bits per heavy atom. The fourth-order valence-corrected chi connectivity index (χ4v) is 4.04. The minimum atomic E-state index is -3.24. The van der Waals surface area contributed by atoms with Gasteiger partial charge in [-0.25, -0.2) is 8.42 Å². The van der Waals surface area contributed by atoms with Crippen molar-refractivity contribution in [2.24, 2.45) is 0 Å². The van der Waals surface area contributed by atoms with E-state index in [0.717, 1.165) is 31.6 Å². The summed E-state index contributed by atoms with van der Waals surface area (Å²) in [5.41, 5.74) is 7.05. The summed E-state index contributed by atoms with van der Waals surface area (Å²) in [6.45, 7) is 6.01. The van der Waals surface area contributed by atoms with Gasteiger partial charge in [0.2, 0.25) is 10.0 Å². The highest BCUT2D eigenvalue weighted by Gasteiger charge is 2.26. The van der Waals surface area contributed by atoms with E-state index in [9.17, 15) is 8.42 Å². The van der Waals surface area contributed by atoms with E-state index in [0.29, 0.717) is 18.8 Å². The molecule has 1 aromatic rings. The van der Waals surface area contributed by atoms with E-state index in [2.05, 4.69) is 11.8 Å². The van der Waals surface area contributed by atoms with Gasteiger partial charge in [-0.15, -0.1) is 0 Å². The van der Waals surface area contributed by atoms with Crippen molar-refractivity contribution in [3.05, 3.63) is 29.8 Å². The van der Waals surface area contributed by atoms with Gasteiger partial charge < -0.3 is 10.6 Å². The van der Waals surface area contributed by atoms with E-state index in [-0.39, 0.29) is 5.75 Å². The van der Waals surface area contributed by atoms with Crippen LogP contribution in [0.15, 0.2) is 24.3 Å². The van der Waals surface area contributed by atoms with Crippen LogP contribution in [0.2, 0.25) is 0 Å². The normalized spacial score (nSPS) is 18.2. The summed E-state index contributed by atoms with van der Waals surface area (Å²) in [5, 5.41) is 0. The lowest BCUT2D eigenvalue weighted by Crippen LogP contribution is -2.48. The number of piperazine rings is 1. The molecule has 1 heterocycles. The summed E-state index contributed by atoms with van der Waals surface area (Å²) in [6.07, 6.45) is 1.11. The van der Waals surface area contributed by atoms with Crippen molar-refractivity contribution in [2.75, 3.05) is 38.5 Å². The van der Waals surface area contributed by atoms with Crippen LogP contribution in [0.25, 0.3) is 0 Å². The van der Waals surface area contributed by atoms with Crippen LogP contribution in [0, 0.1) is 0 Å². The maximum absolute atomic E-state index is 12.4. The van der Waals surface area contributed by atoms with Gasteiger partial charge in [0.25, 0.3) is 0 Å². The van der Waals surface area contributed by atoms with Gasteiger partial charge in [-0.1, -0.05) is 19.1 Å². The molecule has 0 atom stereocenters. The Morgan fingerprint density at radius 2 is 1.90 bits per heavy atom. The number of nitrogens with two attached hydrogens (primary N) is 1. The Labute approximate surface area is 121 Å². The van der Waals surface area contributed by atoms with Crippen LogP contribution < -0.4 is 5.73 Å². The minimum absolute atomic E-state index is 0.0335. The average molecular weight is 297 g/mol. The Balaban J connectivity index is 1.98. The van der Waals surface area contributed by atoms with Gasteiger partial charge in [0.1, 0.15) is 0 Å². The highest BCUT2D eigenvalue weighted by Crippen LogP contribution is 2.15. The first-order valence-electron chi connectivity index (χ1n) is 7.06. The molecule has 6 heteroatoms. The SMILES string of the molecule is CCCN1CCN(S(=O)(=O)Cc2cccc(N)c2)CC1. The standard InChI is InChI=1S/C14H23N3O2S/c1-2-6-16-7-9-17(10-8-16)20(18,19)12-13-4-3-5-14(15)11-13/h3-5,11H,2,6-10,12,15H2,1H3. The van der Waals surface area contributed by atoms with Crippen LogP contribution in [0.4, 0.5) is 5.69 Å². The van der Waals surface area contributed by atoms with Crippen molar-refractivity contribution in [1.82, 2.24) is 9.21 Å². The van der Waals surface area contributed by atoms with Crippen LogP contribution in [0.1, 0.15) is 18.9 Å². The maximum Gasteiger partial charge on any atom is 0.218 e. The number of rotatable bonds is 5. The number of hydrogen-bond donors (Lipinski definition) is 1. The predicted octanol–water partition coefficient (Wildman–Crippen LogP) is 1.13. The molecular weight excluding hydrogens is 274 g/mol. The summed E-state index contributed by atoms with van der Waals surface area (Å²) in [7, 11) is -3.24.